The topological polar surface area (TPSA) is 12.0 Å². The van der Waals surface area contributed by atoms with Crippen molar-refractivity contribution in [3.05, 3.63) is 58.2 Å². The molecule has 0 spiro atoms. The minimum absolute atomic E-state index is 0.902. The van der Waals surface area contributed by atoms with Crippen LogP contribution in [0, 0.1) is 58.2 Å². The van der Waals surface area contributed by atoms with E-state index in [1.54, 1.807) is 0 Å². The lowest BCUT2D eigenvalue weighted by atomic mass is 10.3. The predicted molar refractivity (Wildman–Crippen MR) is 76.9 cm³/mol. The molecule has 0 bridgehead atoms. The first-order valence-corrected chi connectivity index (χ1v) is 8.35. The highest BCUT2D eigenvalue weighted by atomic mass is 31.1. The van der Waals surface area contributed by atoms with E-state index in [2.05, 4.69) is 5.09 Å². The molecule has 0 aliphatic rings. The van der Waals surface area contributed by atoms with Crippen LogP contribution in [0.2, 0.25) is 0 Å². The Bertz CT molecular complexity index is 787. The molecule has 0 fully saturated rings. The summed E-state index contributed by atoms with van der Waals surface area (Å²) in [6, 6.07) is -0.902. The highest BCUT2D eigenvalue weighted by Gasteiger charge is 2.37. The Morgan fingerprint density at radius 2 is 0.704 bits per heavy atom. The maximum Gasteiger partial charge on any atom is 0.200 e. The Balaban J connectivity index is 2.94. The van der Waals surface area contributed by atoms with Gasteiger partial charge in [-0.25, -0.2) is 43.9 Å². The summed E-state index contributed by atoms with van der Waals surface area (Å²) < 4.78 is 137. The van der Waals surface area contributed by atoms with E-state index in [0.29, 0.717) is 0 Å². The molecule has 2 aromatic rings. The van der Waals surface area contributed by atoms with Crippen molar-refractivity contribution in [2.45, 2.75) is 19.9 Å². The van der Waals surface area contributed by atoms with Gasteiger partial charge in [-0.2, -0.15) is 0 Å². The molecule has 0 radical (unpaired) electrons. The van der Waals surface area contributed by atoms with E-state index in [1.165, 1.54) is 13.8 Å². The minimum Gasteiger partial charge on any atom is -0.286 e. The first kappa shape index (κ1) is 21.4. The lowest BCUT2D eigenvalue weighted by molar-refractivity contribution is 0.382. The fourth-order valence-corrected chi connectivity index (χ4v) is 4.25. The van der Waals surface area contributed by atoms with E-state index in [9.17, 15) is 43.9 Å². The molecule has 0 amide bonds. The van der Waals surface area contributed by atoms with Crippen molar-refractivity contribution >= 4 is 18.7 Å². The van der Waals surface area contributed by atoms with Crippen LogP contribution in [-0.4, -0.2) is 6.04 Å². The largest absolute Gasteiger partial charge is 0.286 e. The summed E-state index contributed by atoms with van der Waals surface area (Å²) in [5, 5.41) is -1.33. The maximum absolute atomic E-state index is 14.1. The third kappa shape index (κ3) is 3.50. The quantitative estimate of drug-likeness (QED) is 0.332. The molecule has 0 unspecified atom stereocenters. The molecule has 148 valence electrons. The highest BCUT2D eigenvalue weighted by Crippen LogP contribution is 2.37. The van der Waals surface area contributed by atoms with Crippen LogP contribution < -0.4 is 15.7 Å². The first-order chi connectivity index (χ1) is 12.4. The number of rotatable bonds is 4. The van der Waals surface area contributed by atoms with E-state index < -0.39 is 82.9 Å². The van der Waals surface area contributed by atoms with Gasteiger partial charge in [0, 0.05) is 14.1 Å². The standard InChI is InChI=1S/C15H8F10NP/c1-3(2)26-27(14-10(22)6(18)4(16)7(19)11(14)23)15-12(24)8(20)5(17)9(21)13(15)25/h3,26H,1-2H3. The van der Waals surface area contributed by atoms with Crippen LogP contribution >= 0.6 is 8.07 Å². The molecule has 0 atom stereocenters. The summed E-state index contributed by atoms with van der Waals surface area (Å²) in [5.41, 5.74) is 0. The fourth-order valence-electron chi connectivity index (χ4n) is 2.08. The molecule has 0 saturated heterocycles. The molecule has 0 aliphatic carbocycles. The average Bonchev–Trinajstić information content (AvgIpc) is 2.61. The SMILES string of the molecule is CC(C)NP(c1c(F)c(F)c(F)c(F)c1F)c1c(F)c(F)c(F)c(F)c1F. The van der Waals surface area contributed by atoms with Gasteiger partial charge in [-0.3, -0.25) is 5.09 Å². The van der Waals surface area contributed by atoms with E-state index in [1.807, 2.05) is 0 Å². The predicted octanol–water partition coefficient (Wildman–Crippen LogP) is 4.42. The van der Waals surface area contributed by atoms with E-state index in [-0.39, 0.29) is 0 Å². The van der Waals surface area contributed by atoms with Crippen molar-refractivity contribution in [2.24, 2.45) is 0 Å². The van der Waals surface area contributed by atoms with Crippen molar-refractivity contribution in [3.63, 3.8) is 0 Å². The zero-order valence-corrected chi connectivity index (χ0v) is 14.2. The fraction of sp³-hybridized carbons (Fsp3) is 0.200. The Labute approximate surface area is 146 Å². The van der Waals surface area contributed by atoms with E-state index >= 15 is 0 Å². The summed E-state index contributed by atoms with van der Waals surface area (Å²) in [7, 11) is -3.41. The van der Waals surface area contributed by atoms with Gasteiger partial charge in [-0.1, -0.05) is 0 Å². The third-order valence-corrected chi connectivity index (χ3v) is 5.66. The number of hydrogen-bond acceptors (Lipinski definition) is 1. The monoisotopic (exact) mass is 423 g/mol. The zero-order chi connectivity index (χ0) is 20.8. The van der Waals surface area contributed by atoms with Gasteiger partial charge >= 0.3 is 0 Å². The number of benzene rings is 2. The van der Waals surface area contributed by atoms with E-state index in [4.69, 9.17) is 0 Å². The molecule has 0 aromatic heterocycles. The summed E-state index contributed by atoms with van der Waals surface area (Å²) in [5.74, 6) is -24.6. The molecule has 0 aliphatic heterocycles. The molecule has 0 heterocycles. The normalized spacial score (nSPS) is 11.8. The van der Waals surface area contributed by atoms with Crippen molar-refractivity contribution in [2.75, 3.05) is 0 Å². The summed E-state index contributed by atoms with van der Waals surface area (Å²) >= 11 is 0. The first-order valence-electron chi connectivity index (χ1n) is 7.00. The van der Waals surface area contributed by atoms with Crippen LogP contribution in [0.25, 0.3) is 0 Å². The Morgan fingerprint density at radius 1 is 0.481 bits per heavy atom. The van der Waals surface area contributed by atoms with E-state index in [0.717, 1.165) is 0 Å². The van der Waals surface area contributed by atoms with Crippen molar-refractivity contribution in [3.8, 4) is 0 Å². The number of hydrogen-bond donors (Lipinski definition) is 1. The number of nitrogens with one attached hydrogen (secondary N) is 1. The van der Waals surface area contributed by atoms with Crippen LogP contribution in [0.5, 0.6) is 0 Å². The maximum atomic E-state index is 14.1. The lowest BCUT2D eigenvalue weighted by Crippen LogP contribution is -2.36. The van der Waals surface area contributed by atoms with Gasteiger partial charge in [0.15, 0.2) is 46.5 Å². The molecule has 12 heteroatoms. The molecule has 0 saturated carbocycles. The second-order valence-electron chi connectivity index (χ2n) is 5.46. The Hall–Kier alpha value is -1.87. The van der Waals surface area contributed by atoms with Gasteiger partial charge in [0.25, 0.3) is 0 Å². The lowest BCUT2D eigenvalue weighted by Gasteiger charge is -2.24. The van der Waals surface area contributed by atoms with Crippen LogP contribution in [0.15, 0.2) is 0 Å². The van der Waals surface area contributed by atoms with Crippen LogP contribution in [-0.2, 0) is 0 Å². The molecular weight excluding hydrogens is 415 g/mol. The highest BCUT2D eigenvalue weighted by molar-refractivity contribution is 7.71. The molecule has 1 N–H and O–H groups in total. The van der Waals surface area contributed by atoms with Gasteiger partial charge in [0.05, 0.1) is 10.6 Å². The molecule has 2 rings (SSSR count). The molecule has 2 aromatic carbocycles. The second kappa shape index (κ2) is 7.63. The van der Waals surface area contributed by atoms with Gasteiger partial charge in [0.2, 0.25) is 11.6 Å². The zero-order valence-electron chi connectivity index (χ0n) is 13.3. The minimum atomic E-state index is -3.41. The van der Waals surface area contributed by atoms with Gasteiger partial charge in [-0.05, 0) is 13.8 Å². The number of halogens is 10. The smallest absolute Gasteiger partial charge is 0.200 e. The van der Waals surface area contributed by atoms with Crippen molar-refractivity contribution in [1.29, 1.82) is 0 Å². The molecule has 27 heavy (non-hydrogen) atoms. The van der Waals surface area contributed by atoms with Crippen LogP contribution in [0.3, 0.4) is 0 Å². The van der Waals surface area contributed by atoms with Gasteiger partial charge in [-0.15, -0.1) is 0 Å². The second-order valence-corrected chi connectivity index (χ2v) is 7.28. The van der Waals surface area contributed by atoms with Gasteiger partial charge in [0.1, 0.15) is 0 Å². The average molecular weight is 423 g/mol. The Morgan fingerprint density at radius 3 is 0.926 bits per heavy atom. The summed E-state index contributed by atoms with van der Waals surface area (Å²) in [4.78, 5) is 0. The van der Waals surface area contributed by atoms with Crippen molar-refractivity contribution < 1.29 is 43.9 Å². The molecular formula is C15H8F10NP. The third-order valence-electron chi connectivity index (χ3n) is 3.21. The van der Waals surface area contributed by atoms with Crippen molar-refractivity contribution in [1.82, 2.24) is 5.09 Å². The van der Waals surface area contributed by atoms with Crippen LogP contribution in [0.4, 0.5) is 43.9 Å². The van der Waals surface area contributed by atoms with Crippen LogP contribution in [0.1, 0.15) is 13.8 Å². The molecule has 1 nitrogen and oxygen atoms in total. The van der Waals surface area contributed by atoms with Gasteiger partial charge < -0.3 is 0 Å². The summed E-state index contributed by atoms with van der Waals surface area (Å²) in [6.45, 7) is 2.51. The summed E-state index contributed by atoms with van der Waals surface area (Å²) in [6.07, 6.45) is 0. The Kier molecular flexibility index (Phi) is 6.06.